The third kappa shape index (κ3) is 15.2. The van der Waals surface area contributed by atoms with Gasteiger partial charge in [-0.1, -0.05) is 95.6 Å². The fourth-order valence-electron chi connectivity index (χ4n) is 5.82. The van der Waals surface area contributed by atoms with E-state index in [0.29, 0.717) is 18.5 Å². The second-order valence-corrected chi connectivity index (χ2v) is 16.0. The maximum absolute atomic E-state index is 13.9. The highest BCUT2D eigenvalue weighted by atomic mass is 16.3. The van der Waals surface area contributed by atoms with E-state index in [2.05, 4.69) is 31.6 Å². The van der Waals surface area contributed by atoms with Crippen molar-refractivity contribution in [2.45, 2.75) is 145 Å². The molecule has 296 valence electrons. The third-order valence-electron chi connectivity index (χ3n) is 9.63. The second kappa shape index (κ2) is 22.5. The van der Waals surface area contributed by atoms with Crippen molar-refractivity contribution in [3.8, 4) is 0 Å². The molecule has 0 aromatic carbocycles. The van der Waals surface area contributed by atoms with Crippen LogP contribution >= 0.6 is 0 Å². The van der Waals surface area contributed by atoms with Crippen molar-refractivity contribution < 1.29 is 29.1 Å². The fraction of sp³-hybridized carbons (Fsp3) is 0.744. The Morgan fingerprint density at radius 2 is 1.21 bits per heavy atom. The van der Waals surface area contributed by atoms with Crippen molar-refractivity contribution in [3.63, 3.8) is 0 Å². The molecule has 52 heavy (non-hydrogen) atoms. The van der Waals surface area contributed by atoms with Gasteiger partial charge in [-0.2, -0.15) is 0 Å². The first kappa shape index (κ1) is 46.4. The predicted octanol–water partition coefficient (Wildman–Crippen LogP) is 3.05. The number of carbonyl (C=O) groups excluding carboxylic acids is 5. The van der Waals surface area contributed by atoms with E-state index in [1.54, 1.807) is 18.3 Å². The number of amides is 5. The van der Waals surface area contributed by atoms with E-state index in [4.69, 9.17) is 5.73 Å². The maximum atomic E-state index is 13.9. The number of rotatable bonds is 22. The Morgan fingerprint density at radius 1 is 0.673 bits per heavy atom. The van der Waals surface area contributed by atoms with E-state index in [-0.39, 0.29) is 54.4 Å². The summed E-state index contributed by atoms with van der Waals surface area (Å²) >= 11 is 0. The number of pyridine rings is 1. The number of nitrogens with one attached hydrogen (secondary N) is 5. The number of aromatic nitrogens is 1. The normalized spacial score (nSPS) is 16.4. The molecule has 8 N–H and O–H groups in total. The van der Waals surface area contributed by atoms with E-state index in [9.17, 15) is 29.1 Å². The molecule has 1 heterocycles. The molecule has 1 rings (SSSR count). The van der Waals surface area contributed by atoms with Crippen LogP contribution in [0.3, 0.4) is 0 Å². The van der Waals surface area contributed by atoms with Gasteiger partial charge in [-0.25, -0.2) is 0 Å². The first-order valence-corrected chi connectivity index (χ1v) is 19.0. The topological polar surface area (TPSA) is 205 Å². The Morgan fingerprint density at radius 3 is 1.67 bits per heavy atom. The Hall–Kier alpha value is -3.58. The SMILES string of the molecule is CCC(C)[C@H](NC(=O)[C@@H](NC(=O)[C@H](C[C@H](O)[C@H](CC(C)C)NC(=O)[C@@H](NC(=O)[C@@H](N)C(C)C)C(C)C)C(C)C)C(C)C)C(=O)NCc1ccccn1. The summed E-state index contributed by atoms with van der Waals surface area (Å²) in [7, 11) is 0. The molecule has 0 aliphatic carbocycles. The maximum Gasteiger partial charge on any atom is 0.243 e. The standard InChI is InChI=1S/C39H69N7O6/c1-13-26(12)34(37(50)42-20-27-16-14-15-17-41-27)46-39(52)33(25(10)11)44-35(48)28(22(4)5)19-30(47)29(18-21(2)3)43-38(51)32(24(8)9)45-36(49)31(40)23(6)7/h14-17,21-26,28-34,47H,13,18-20,40H2,1-12H3,(H,42,50)(H,43,51)(H,44,48)(H,45,49)(H,46,52)/t26?,28-,29+,30+,31+,32+,33+,34+/m1/s1. The molecule has 0 bridgehead atoms. The van der Waals surface area contributed by atoms with Gasteiger partial charge in [0.1, 0.15) is 18.1 Å². The Bertz CT molecular complexity index is 1270. The molecule has 0 aliphatic heterocycles. The molecule has 0 radical (unpaired) electrons. The molecule has 1 aromatic heterocycles. The van der Waals surface area contributed by atoms with E-state index < -0.39 is 65.9 Å². The molecular formula is C39H69N7O6. The molecular weight excluding hydrogens is 662 g/mol. The minimum Gasteiger partial charge on any atom is -0.391 e. The average molecular weight is 732 g/mol. The molecule has 1 aromatic rings. The van der Waals surface area contributed by atoms with Gasteiger partial charge in [0.25, 0.3) is 0 Å². The van der Waals surface area contributed by atoms with Crippen molar-refractivity contribution in [3.05, 3.63) is 30.1 Å². The Kier molecular flexibility index (Phi) is 20.1. The summed E-state index contributed by atoms with van der Waals surface area (Å²) in [5.74, 6) is -3.77. The van der Waals surface area contributed by atoms with Crippen LogP contribution in [0, 0.1) is 41.4 Å². The molecule has 0 saturated carbocycles. The average Bonchev–Trinajstić information content (AvgIpc) is 3.07. The molecule has 5 amide bonds. The highest BCUT2D eigenvalue weighted by Gasteiger charge is 2.36. The number of hydrogen-bond donors (Lipinski definition) is 7. The number of aliphatic hydroxyl groups is 1. The van der Waals surface area contributed by atoms with Crippen LogP contribution in [0.4, 0.5) is 0 Å². The second-order valence-electron chi connectivity index (χ2n) is 16.0. The van der Waals surface area contributed by atoms with Gasteiger partial charge in [0.2, 0.25) is 29.5 Å². The largest absolute Gasteiger partial charge is 0.391 e. The molecule has 1 unspecified atom stereocenters. The van der Waals surface area contributed by atoms with Crippen molar-refractivity contribution in [1.29, 1.82) is 0 Å². The van der Waals surface area contributed by atoms with Crippen molar-refractivity contribution in [2.24, 2.45) is 47.2 Å². The number of nitrogens with zero attached hydrogens (tertiary/aromatic N) is 1. The van der Waals surface area contributed by atoms with Gasteiger partial charge in [-0.15, -0.1) is 0 Å². The van der Waals surface area contributed by atoms with Crippen LogP contribution in [-0.4, -0.2) is 75.9 Å². The van der Waals surface area contributed by atoms with E-state index >= 15 is 0 Å². The quantitative estimate of drug-likeness (QED) is 0.0942. The van der Waals surface area contributed by atoms with E-state index in [1.165, 1.54) is 0 Å². The van der Waals surface area contributed by atoms with Crippen molar-refractivity contribution >= 4 is 29.5 Å². The summed E-state index contributed by atoms with van der Waals surface area (Å²) in [5.41, 5.74) is 6.72. The van der Waals surface area contributed by atoms with Crippen LogP contribution < -0.4 is 32.3 Å². The summed E-state index contributed by atoms with van der Waals surface area (Å²) in [6.07, 6.45) is 1.63. The van der Waals surface area contributed by atoms with Crippen LogP contribution in [-0.2, 0) is 30.5 Å². The third-order valence-corrected chi connectivity index (χ3v) is 9.63. The monoisotopic (exact) mass is 732 g/mol. The van der Waals surface area contributed by atoms with Gasteiger partial charge in [0.15, 0.2) is 0 Å². The van der Waals surface area contributed by atoms with Gasteiger partial charge < -0.3 is 37.4 Å². The lowest BCUT2D eigenvalue weighted by molar-refractivity contribution is -0.136. The zero-order chi connectivity index (χ0) is 39.9. The predicted molar refractivity (Wildman–Crippen MR) is 204 cm³/mol. The summed E-state index contributed by atoms with van der Waals surface area (Å²) < 4.78 is 0. The minimum absolute atomic E-state index is 0.0238. The van der Waals surface area contributed by atoms with Crippen LogP contribution in [0.25, 0.3) is 0 Å². The zero-order valence-electron chi connectivity index (χ0n) is 33.7. The van der Waals surface area contributed by atoms with Crippen molar-refractivity contribution in [2.75, 3.05) is 0 Å². The zero-order valence-corrected chi connectivity index (χ0v) is 33.7. The molecule has 0 spiro atoms. The summed E-state index contributed by atoms with van der Waals surface area (Å²) in [6.45, 7) is 22.6. The Labute approximate surface area is 312 Å². The van der Waals surface area contributed by atoms with E-state index in [1.807, 2.05) is 89.2 Å². The van der Waals surface area contributed by atoms with Crippen LogP contribution in [0.5, 0.6) is 0 Å². The summed E-state index contributed by atoms with van der Waals surface area (Å²) in [5, 5.41) is 25.9. The fourth-order valence-corrected chi connectivity index (χ4v) is 5.82. The summed E-state index contributed by atoms with van der Waals surface area (Å²) in [6, 6.07) is 1.30. The van der Waals surface area contributed by atoms with Gasteiger partial charge >= 0.3 is 0 Å². The molecule has 0 aliphatic rings. The number of aliphatic hydroxyl groups excluding tert-OH is 1. The van der Waals surface area contributed by atoms with Crippen molar-refractivity contribution in [1.82, 2.24) is 31.6 Å². The lowest BCUT2D eigenvalue weighted by atomic mass is 9.85. The first-order chi connectivity index (χ1) is 24.2. The number of hydrogen-bond acceptors (Lipinski definition) is 8. The summed E-state index contributed by atoms with van der Waals surface area (Å²) in [4.78, 5) is 71.4. The van der Waals surface area contributed by atoms with Gasteiger partial charge in [-0.05, 0) is 60.5 Å². The van der Waals surface area contributed by atoms with Crippen LogP contribution in [0.15, 0.2) is 24.4 Å². The first-order valence-electron chi connectivity index (χ1n) is 19.0. The number of nitrogens with two attached hydrogens (primary N) is 1. The van der Waals surface area contributed by atoms with E-state index in [0.717, 1.165) is 0 Å². The smallest absolute Gasteiger partial charge is 0.243 e. The van der Waals surface area contributed by atoms with Gasteiger partial charge in [0, 0.05) is 12.1 Å². The lowest BCUT2D eigenvalue weighted by Gasteiger charge is -2.33. The van der Waals surface area contributed by atoms with Gasteiger partial charge in [0.05, 0.1) is 30.4 Å². The molecule has 8 atom stereocenters. The lowest BCUT2D eigenvalue weighted by Crippen LogP contribution is -2.58. The highest BCUT2D eigenvalue weighted by Crippen LogP contribution is 2.23. The molecule has 13 nitrogen and oxygen atoms in total. The molecule has 0 saturated heterocycles. The highest BCUT2D eigenvalue weighted by molar-refractivity contribution is 5.93. The van der Waals surface area contributed by atoms with Gasteiger partial charge in [-0.3, -0.25) is 29.0 Å². The minimum atomic E-state index is -1.10. The molecule has 13 heteroatoms. The Balaban J connectivity index is 3.15. The molecule has 0 fully saturated rings. The van der Waals surface area contributed by atoms with Crippen LogP contribution in [0.2, 0.25) is 0 Å². The van der Waals surface area contributed by atoms with Crippen LogP contribution in [0.1, 0.15) is 108 Å². The number of carbonyl (C=O) groups is 5.